The van der Waals surface area contributed by atoms with Gasteiger partial charge in [0.05, 0.1) is 0 Å². The topological polar surface area (TPSA) is 37.9 Å². The van der Waals surface area contributed by atoms with E-state index in [9.17, 15) is 0 Å². The van der Waals surface area contributed by atoms with Crippen molar-refractivity contribution in [1.29, 1.82) is 0 Å². The Kier molecular flexibility index (Phi) is 7.03. The van der Waals surface area contributed by atoms with Crippen molar-refractivity contribution in [2.75, 3.05) is 6.54 Å². The minimum Gasteiger partial charge on any atom is -0.676 e. The number of rotatable bonds is 0. The fourth-order valence-corrected chi connectivity index (χ4v) is 2.46. The van der Waals surface area contributed by atoms with E-state index in [-0.39, 0.29) is 22.0 Å². The first kappa shape index (κ1) is 13.2. The molecule has 3 atom stereocenters. The van der Waals surface area contributed by atoms with Gasteiger partial charge in [0, 0.05) is 0 Å². The molecule has 1 saturated carbocycles. The zero-order chi connectivity index (χ0) is 10.4. The summed E-state index contributed by atoms with van der Waals surface area (Å²) in [7, 11) is 9.63. The largest absolute Gasteiger partial charge is 0.676 e. The Labute approximate surface area is 102 Å². The van der Waals surface area contributed by atoms with E-state index in [0.29, 0.717) is 6.04 Å². The van der Waals surface area contributed by atoms with Crippen molar-refractivity contribution in [3.8, 4) is 0 Å². The summed E-state index contributed by atoms with van der Waals surface area (Å²) in [6.45, 7) is 1.02. The molecule has 0 spiro atoms. The van der Waals surface area contributed by atoms with Gasteiger partial charge < -0.3 is 11.1 Å². The molecule has 0 aromatic heterocycles. The average molecular weight is 330 g/mol. The zero-order valence-electron chi connectivity index (χ0n) is 7.99. The van der Waals surface area contributed by atoms with Gasteiger partial charge in [-0.3, -0.25) is 0 Å². The summed E-state index contributed by atoms with van der Waals surface area (Å²) < 4.78 is 0. The second-order valence-electron chi connectivity index (χ2n) is 3.88. The summed E-state index contributed by atoms with van der Waals surface area (Å²) in [5.41, 5.74) is 7.80. The predicted molar refractivity (Wildman–Crippen MR) is 58.4 cm³/mol. The van der Waals surface area contributed by atoms with E-state index in [1.165, 1.54) is 25.7 Å². The molecule has 0 radical (unpaired) electrons. The van der Waals surface area contributed by atoms with Gasteiger partial charge in [0.2, 0.25) is 0 Å². The van der Waals surface area contributed by atoms with Gasteiger partial charge in [-0.2, -0.15) is 12.1 Å². The first-order valence-corrected chi connectivity index (χ1v) is 9.00. The fourth-order valence-electron chi connectivity index (χ4n) is 2.46. The van der Waals surface area contributed by atoms with Crippen molar-refractivity contribution in [2.24, 2.45) is 5.92 Å². The molecule has 1 saturated heterocycles. The van der Waals surface area contributed by atoms with Crippen LogP contribution in [-0.2, 0) is 15.9 Å². The third-order valence-electron chi connectivity index (χ3n) is 3.06. The number of hydrogen-bond acceptors (Lipinski definition) is 0. The normalized spacial score (nSPS) is 36.9. The molecular formula is C9H16Cl2N2Pd-2. The van der Waals surface area contributed by atoms with Crippen LogP contribution in [0.3, 0.4) is 0 Å². The van der Waals surface area contributed by atoms with Crippen molar-refractivity contribution in [3.63, 3.8) is 0 Å². The van der Waals surface area contributed by atoms with Crippen LogP contribution in [0.4, 0.5) is 0 Å². The number of nitrogens with one attached hydrogen (secondary N) is 1. The van der Waals surface area contributed by atoms with Crippen LogP contribution in [0.15, 0.2) is 0 Å². The van der Waals surface area contributed by atoms with Gasteiger partial charge in [0.1, 0.15) is 0 Å². The monoisotopic (exact) mass is 328 g/mol. The minimum atomic E-state index is -0.106. The van der Waals surface area contributed by atoms with Gasteiger partial charge in [-0.1, -0.05) is 38.0 Å². The summed E-state index contributed by atoms with van der Waals surface area (Å²) in [6, 6.07) is 0.548. The second kappa shape index (κ2) is 7.44. The van der Waals surface area contributed by atoms with Crippen LogP contribution in [0, 0.1) is 5.92 Å². The van der Waals surface area contributed by atoms with Crippen LogP contribution in [0.5, 0.6) is 0 Å². The van der Waals surface area contributed by atoms with Crippen LogP contribution in [0.2, 0.25) is 0 Å². The number of hydrogen-bond donors (Lipinski definition) is 0. The maximum atomic E-state index is 7.80. The van der Waals surface area contributed by atoms with E-state index in [2.05, 4.69) is 5.32 Å². The molecule has 1 N–H and O–H groups in total. The Balaban J connectivity index is 0.000000293. The van der Waals surface area contributed by atoms with Gasteiger partial charge in [0.25, 0.3) is 0 Å². The molecule has 5 heteroatoms. The van der Waals surface area contributed by atoms with Crippen molar-refractivity contribution in [1.82, 2.24) is 0 Å². The molecule has 2 nitrogen and oxygen atoms in total. The molecule has 0 aromatic carbocycles. The molecule has 2 rings (SSSR count). The van der Waals surface area contributed by atoms with Crippen molar-refractivity contribution >= 4 is 19.1 Å². The summed E-state index contributed by atoms with van der Waals surface area (Å²) in [5.74, 6) is 0.778. The number of nitrogens with zero attached hydrogens (tertiary/aromatic N) is 1. The molecule has 88 valence electrons. The summed E-state index contributed by atoms with van der Waals surface area (Å²) in [6.07, 6.45) is 6.30. The van der Waals surface area contributed by atoms with Crippen LogP contribution in [0.1, 0.15) is 32.1 Å². The van der Waals surface area contributed by atoms with Crippen LogP contribution < -0.4 is 0 Å². The molecule has 14 heavy (non-hydrogen) atoms. The van der Waals surface area contributed by atoms with Crippen LogP contribution >= 0.6 is 19.1 Å². The Morgan fingerprint density at radius 2 is 1.79 bits per heavy atom. The molecule has 3 unspecified atom stereocenters. The van der Waals surface area contributed by atoms with E-state index in [4.69, 9.17) is 24.8 Å². The van der Waals surface area contributed by atoms with Gasteiger partial charge in [-0.05, 0) is 0 Å². The van der Waals surface area contributed by atoms with E-state index in [0.717, 1.165) is 18.9 Å². The summed E-state index contributed by atoms with van der Waals surface area (Å²) in [4.78, 5) is 0. The Bertz CT molecular complexity index is 158. The Hall–Kier alpha value is 1.16. The van der Waals surface area contributed by atoms with Crippen molar-refractivity contribution in [2.45, 2.75) is 44.2 Å². The average Bonchev–Trinajstić information content (AvgIpc) is 2.20. The summed E-state index contributed by atoms with van der Waals surface area (Å²) >= 11 is -0.106. The molecule has 2 fully saturated rings. The molecule has 1 heterocycles. The number of halogens is 2. The molecule has 0 bridgehead atoms. The standard InChI is InChI=1S/C9H16N2.2ClH.Pd/c10-8-5-1-3-7-4-2-6-11-9(7)8;;;/h7-10H,1-6H2;2*1H;/q-2;;;+2/p-2. The molecule has 0 aromatic rings. The van der Waals surface area contributed by atoms with E-state index >= 15 is 0 Å². The van der Waals surface area contributed by atoms with Gasteiger partial charge in [-0.25, -0.2) is 0 Å². The molecule has 1 aliphatic heterocycles. The third-order valence-corrected chi connectivity index (χ3v) is 3.06. The van der Waals surface area contributed by atoms with Crippen molar-refractivity contribution in [3.05, 3.63) is 11.1 Å². The minimum absolute atomic E-state index is 0.106. The number of piperidine rings is 1. The Morgan fingerprint density at radius 1 is 1.14 bits per heavy atom. The molecular weight excluding hydrogens is 313 g/mol. The first-order chi connectivity index (χ1) is 6.79. The van der Waals surface area contributed by atoms with Crippen LogP contribution in [0.25, 0.3) is 11.1 Å². The molecule has 0 amide bonds. The Morgan fingerprint density at radius 3 is 2.43 bits per heavy atom. The molecule has 2 aliphatic rings. The quantitative estimate of drug-likeness (QED) is 0.600. The maximum Gasteiger partial charge on any atom is -0.0519 e. The SMILES string of the molecule is [Cl][Pd][Cl].[NH-]C1CCCC2CCC[N-]C12. The number of fused-ring (bicyclic) bond motifs is 1. The van der Waals surface area contributed by atoms with Gasteiger partial charge in [-0.15, -0.1) is 6.54 Å². The first-order valence-electron chi connectivity index (χ1n) is 4.99. The van der Waals surface area contributed by atoms with E-state index in [1.54, 1.807) is 0 Å². The third kappa shape index (κ3) is 3.96. The smallest absolute Gasteiger partial charge is 0.0519 e. The van der Waals surface area contributed by atoms with Crippen LogP contribution in [-0.4, -0.2) is 18.6 Å². The fraction of sp³-hybridized carbons (Fsp3) is 1.00. The predicted octanol–water partition coefficient (Wildman–Crippen LogP) is 4.12. The van der Waals surface area contributed by atoms with Crippen molar-refractivity contribution < 1.29 is 15.9 Å². The summed E-state index contributed by atoms with van der Waals surface area (Å²) in [5, 5.41) is 4.54. The van der Waals surface area contributed by atoms with Gasteiger partial charge >= 0.3 is 35.0 Å². The second-order valence-corrected chi connectivity index (χ2v) is 6.24. The van der Waals surface area contributed by atoms with Gasteiger partial charge in [0.15, 0.2) is 0 Å². The maximum absolute atomic E-state index is 7.80. The zero-order valence-corrected chi connectivity index (χ0v) is 11.1. The van der Waals surface area contributed by atoms with E-state index in [1.807, 2.05) is 0 Å². The molecule has 1 aliphatic carbocycles. The van der Waals surface area contributed by atoms with E-state index < -0.39 is 0 Å².